The summed E-state index contributed by atoms with van der Waals surface area (Å²) in [7, 11) is 0. The first-order valence-corrected chi connectivity index (χ1v) is 7.37. The van der Waals surface area contributed by atoms with Crippen molar-refractivity contribution in [3.8, 4) is 0 Å². The van der Waals surface area contributed by atoms with Crippen molar-refractivity contribution in [2.45, 2.75) is 64.7 Å². The minimum absolute atomic E-state index is 0.278. The molecule has 1 rings (SSSR count). The number of alkyl halides is 3. The highest BCUT2D eigenvalue weighted by molar-refractivity contribution is 5.29. The maximum Gasteiger partial charge on any atom is 0.416 e. The maximum atomic E-state index is 12.9. The van der Waals surface area contributed by atoms with Gasteiger partial charge in [0, 0.05) is 12.6 Å². The fourth-order valence-electron chi connectivity index (χ4n) is 2.30. The van der Waals surface area contributed by atoms with E-state index in [0.717, 1.165) is 31.7 Å². The van der Waals surface area contributed by atoms with Gasteiger partial charge in [0.2, 0.25) is 0 Å². The van der Waals surface area contributed by atoms with Crippen molar-refractivity contribution in [1.82, 2.24) is 5.32 Å². The van der Waals surface area contributed by atoms with E-state index in [0.29, 0.717) is 11.6 Å². The molecule has 0 aliphatic rings. The molecule has 1 N–H and O–H groups in total. The molecular formula is C16H24F3N. The number of hydrogen-bond acceptors (Lipinski definition) is 1. The molecule has 0 aromatic heterocycles. The quantitative estimate of drug-likeness (QED) is 0.652. The van der Waals surface area contributed by atoms with Crippen molar-refractivity contribution in [2.24, 2.45) is 0 Å². The molecule has 0 saturated heterocycles. The van der Waals surface area contributed by atoms with E-state index in [1.54, 1.807) is 12.1 Å². The second-order valence-electron chi connectivity index (χ2n) is 5.14. The SMILES string of the molecule is CCCCCC(CC)NCc1ccccc1C(F)(F)F. The van der Waals surface area contributed by atoms with Gasteiger partial charge in [-0.2, -0.15) is 13.2 Å². The highest BCUT2D eigenvalue weighted by atomic mass is 19.4. The molecular weight excluding hydrogens is 263 g/mol. The number of halogens is 3. The molecule has 1 nitrogen and oxygen atoms in total. The van der Waals surface area contributed by atoms with Crippen molar-refractivity contribution in [3.05, 3.63) is 35.4 Å². The van der Waals surface area contributed by atoms with Gasteiger partial charge in [0.1, 0.15) is 0 Å². The highest BCUT2D eigenvalue weighted by Crippen LogP contribution is 2.31. The van der Waals surface area contributed by atoms with E-state index in [4.69, 9.17) is 0 Å². The van der Waals surface area contributed by atoms with Crippen LogP contribution in [0.15, 0.2) is 24.3 Å². The maximum absolute atomic E-state index is 12.9. The summed E-state index contributed by atoms with van der Waals surface area (Å²) in [5.74, 6) is 0. The van der Waals surface area contributed by atoms with Crippen LogP contribution in [0.2, 0.25) is 0 Å². The zero-order valence-corrected chi connectivity index (χ0v) is 12.3. The van der Waals surface area contributed by atoms with Gasteiger partial charge < -0.3 is 5.32 Å². The smallest absolute Gasteiger partial charge is 0.310 e. The number of unbranched alkanes of at least 4 members (excludes halogenated alkanes) is 2. The Bertz CT molecular complexity index is 388. The average Bonchev–Trinajstić information content (AvgIpc) is 2.42. The first-order valence-electron chi connectivity index (χ1n) is 7.37. The Morgan fingerprint density at radius 1 is 1.10 bits per heavy atom. The Hall–Kier alpha value is -1.03. The summed E-state index contributed by atoms with van der Waals surface area (Å²) >= 11 is 0. The minimum Gasteiger partial charge on any atom is -0.310 e. The first-order chi connectivity index (χ1) is 9.49. The predicted molar refractivity (Wildman–Crippen MR) is 76.5 cm³/mol. The molecule has 0 radical (unpaired) electrons. The average molecular weight is 287 g/mol. The molecule has 1 atom stereocenters. The zero-order chi connectivity index (χ0) is 15.0. The van der Waals surface area contributed by atoms with Crippen molar-refractivity contribution in [3.63, 3.8) is 0 Å². The number of benzene rings is 1. The lowest BCUT2D eigenvalue weighted by molar-refractivity contribution is -0.138. The van der Waals surface area contributed by atoms with Crippen LogP contribution >= 0.6 is 0 Å². The summed E-state index contributed by atoms with van der Waals surface area (Å²) < 4.78 is 38.6. The molecule has 0 saturated carbocycles. The third-order valence-corrected chi connectivity index (χ3v) is 3.55. The fraction of sp³-hybridized carbons (Fsp3) is 0.625. The molecule has 4 heteroatoms. The lowest BCUT2D eigenvalue weighted by Crippen LogP contribution is -2.28. The van der Waals surface area contributed by atoms with E-state index >= 15 is 0 Å². The molecule has 0 fully saturated rings. The van der Waals surface area contributed by atoms with Crippen LogP contribution < -0.4 is 5.32 Å². The van der Waals surface area contributed by atoms with E-state index in [1.807, 2.05) is 0 Å². The molecule has 0 amide bonds. The van der Waals surface area contributed by atoms with E-state index in [2.05, 4.69) is 19.2 Å². The monoisotopic (exact) mass is 287 g/mol. The van der Waals surface area contributed by atoms with Crippen LogP contribution in [-0.4, -0.2) is 6.04 Å². The van der Waals surface area contributed by atoms with Gasteiger partial charge in [0.05, 0.1) is 5.56 Å². The molecule has 1 aromatic rings. The Kier molecular flexibility index (Phi) is 7.06. The molecule has 1 unspecified atom stereocenters. The lowest BCUT2D eigenvalue weighted by atomic mass is 10.0. The van der Waals surface area contributed by atoms with E-state index in [-0.39, 0.29) is 6.54 Å². The summed E-state index contributed by atoms with van der Waals surface area (Å²) in [6, 6.07) is 6.08. The van der Waals surface area contributed by atoms with Crippen LogP contribution in [0.25, 0.3) is 0 Å². The van der Waals surface area contributed by atoms with Gasteiger partial charge in [0.25, 0.3) is 0 Å². The van der Waals surface area contributed by atoms with Crippen LogP contribution in [-0.2, 0) is 12.7 Å². The van der Waals surface area contributed by atoms with Crippen molar-refractivity contribution in [2.75, 3.05) is 0 Å². The molecule has 0 aliphatic heterocycles. The van der Waals surface area contributed by atoms with Crippen LogP contribution in [0.4, 0.5) is 13.2 Å². The van der Waals surface area contributed by atoms with Crippen LogP contribution in [0.1, 0.15) is 57.1 Å². The lowest BCUT2D eigenvalue weighted by Gasteiger charge is -2.19. The largest absolute Gasteiger partial charge is 0.416 e. The molecule has 0 heterocycles. The van der Waals surface area contributed by atoms with E-state index < -0.39 is 11.7 Å². The summed E-state index contributed by atoms with van der Waals surface area (Å²) in [4.78, 5) is 0. The van der Waals surface area contributed by atoms with Gasteiger partial charge in [-0.3, -0.25) is 0 Å². The molecule has 0 aliphatic carbocycles. The summed E-state index contributed by atoms with van der Waals surface area (Å²) in [5.41, 5.74) is -0.204. The standard InChI is InChI=1S/C16H24F3N/c1-3-5-6-10-14(4-2)20-12-13-9-7-8-11-15(13)16(17,18)19/h7-9,11,14,20H,3-6,10,12H2,1-2H3. The number of rotatable bonds is 8. The fourth-order valence-corrected chi connectivity index (χ4v) is 2.30. The third kappa shape index (κ3) is 5.53. The number of nitrogens with one attached hydrogen (secondary N) is 1. The van der Waals surface area contributed by atoms with Crippen molar-refractivity contribution in [1.29, 1.82) is 0 Å². The summed E-state index contributed by atoms with van der Waals surface area (Å²) in [6.07, 6.45) is 1.16. The molecule has 114 valence electrons. The van der Waals surface area contributed by atoms with Crippen LogP contribution in [0.5, 0.6) is 0 Å². The van der Waals surface area contributed by atoms with Gasteiger partial charge in [-0.15, -0.1) is 0 Å². The molecule has 1 aromatic carbocycles. The van der Waals surface area contributed by atoms with Crippen LogP contribution in [0, 0.1) is 0 Å². The Labute approximate surface area is 119 Å². The molecule has 0 bridgehead atoms. The van der Waals surface area contributed by atoms with Gasteiger partial charge >= 0.3 is 6.18 Å². The van der Waals surface area contributed by atoms with Crippen LogP contribution in [0.3, 0.4) is 0 Å². The first kappa shape index (κ1) is 17.0. The Morgan fingerprint density at radius 2 is 1.80 bits per heavy atom. The van der Waals surface area contributed by atoms with E-state index in [9.17, 15) is 13.2 Å². The van der Waals surface area contributed by atoms with Gasteiger partial charge in [-0.05, 0) is 24.5 Å². The normalized spacial score (nSPS) is 13.4. The van der Waals surface area contributed by atoms with Gasteiger partial charge in [0.15, 0.2) is 0 Å². The minimum atomic E-state index is -4.28. The third-order valence-electron chi connectivity index (χ3n) is 3.55. The van der Waals surface area contributed by atoms with Gasteiger partial charge in [-0.1, -0.05) is 51.3 Å². The zero-order valence-electron chi connectivity index (χ0n) is 12.3. The second kappa shape index (κ2) is 8.30. The van der Waals surface area contributed by atoms with Gasteiger partial charge in [-0.25, -0.2) is 0 Å². The molecule has 0 spiro atoms. The van der Waals surface area contributed by atoms with E-state index in [1.165, 1.54) is 12.5 Å². The number of hydrogen-bond donors (Lipinski definition) is 1. The molecule has 20 heavy (non-hydrogen) atoms. The topological polar surface area (TPSA) is 12.0 Å². The summed E-state index contributed by atoms with van der Waals surface area (Å²) in [6.45, 7) is 4.49. The van der Waals surface area contributed by atoms with Crippen molar-refractivity contribution < 1.29 is 13.2 Å². The Morgan fingerprint density at radius 3 is 2.40 bits per heavy atom. The predicted octanol–water partition coefficient (Wildman–Crippen LogP) is 5.15. The Balaban J connectivity index is 2.60. The second-order valence-corrected chi connectivity index (χ2v) is 5.14. The van der Waals surface area contributed by atoms with Crippen molar-refractivity contribution >= 4 is 0 Å². The summed E-state index contributed by atoms with van der Waals surface area (Å²) in [5, 5.41) is 3.26. The highest BCUT2D eigenvalue weighted by Gasteiger charge is 2.32.